The quantitative estimate of drug-likeness (QED) is 0.722. The summed E-state index contributed by atoms with van der Waals surface area (Å²) in [6.07, 6.45) is 1.07. The highest BCUT2D eigenvalue weighted by molar-refractivity contribution is 6.35. The molecule has 0 saturated carbocycles. The van der Waals surface area contributed by atoms with E-state index < -0.39 is 17.9 Å². The van der Waals surface area contributed by atoms with E-state index in [1.165, 1.54) is 0 Å². The van der Waals surface area contributed by atoms with Crippen molar-refractivity contribution in [1.29, 1.82) is 0 Å². The van der Waals surface area contributed by atoms with Crippen LogP contribution >= 0.6 is 23.2 Å². The first kappa shape index (κ1) is 16.6. The van der Waals surface area contributed by atoms with E-state index in [9.17, 15) is 9.59 Å². The number of amides is 1. The summed E-state index contributed by atoms with van der Waals surface area (Å²) in [4.78, 5) is 22.6. The molecule has 0 aliphatic rings. The van der Waals surface area contributed by atoms with Crippen LogP contribution in [0.3, 0.4) is 0 Å². The minimum Gasteiger partial charge on any atom is -0.480 e. The highest BCUT2D eigenvalue weighted by Gasteiger charge is 2.18. The molecule has 20 heavy (non-hydrogen) atoms. The molecular weight excluding hydrogens is 303 g/mol. The molecule has 1 atom stereocenters. The molecule has 1 unspecified atom stereocenters. The molecule has 3 N–H and O–H groups in total. The Labute approximate surface area is 127 Å². The first-order valence-corrected chi connectivity index (χ1v) is 6.90. The fourth-order valence-electron chi connectivity index (χ4n) is 1.63. The minimum absolute atomic E-state index is 0.0514. The van der Waals surface area contributed by atoms with Crippen molar-refractivity contribution in [2.24, 2.45) is 0 Å². The van der Waals surface area contributed by atoms with Crippen LogP contribution in [0.5, 0.6) is 0 Å². The molecule has 0 aliphatic heterocycles. The molecule has 0 fully saturated rings. The second-order valence-corrected chi connectivity index (χ2v) is 5.13. The van der Waals surface area contributed by atoms with Crippen LogP contribution in [0.4, 0.5) is 5.69 Å². The molecule has 1 aromatic carbocycles. The molecule has 0 radical (unpaired) electrons. The average Bonchev–Trinajstić information content (AvgIpc) is 2.34. The number of carbonyl (C=O) groups excluding carboxylic acids is 1. The van der Waals surface area contributed by atoms with Crippen LogP contribution in [0.15, 0.2) is 18.2 Å². The van der Waals surface area contributed by atoms with Gasteiger partial charge in [0.25, 0.3) is 0 Å². The predicted octanol–water partition coefficient (Wildman–Crippen LogP) is 2.77. The Balaban J connectivity index is 2.52. The van der Waals surface area contributed by atoms with E-state index in [0.29, 0.717) is 28.6 Å². The number of carbonyl (C=O) groups is 2. The number of rotatable bonds is 7. The van der Waals surface area contributed by atoms with E-state index in [-0.39, 0.29) is 6.54 Å². The summed E-state index contributed by atoms with van der Waals surface area (Å²) in [5.74, 6) is -1.44. The lowest BCUT2D eigenvalue weighted by atomic mass is 10.1. The van der Waals surface area contributed by atoms with Gasteiger partial charge in [0, 0.05) is 15.7 Å². The zero-order valence-corrected chi connectivity index (χ0v) is 12.5. The van der Waals surface area contributed by atoms with Gasteiger partial charge < -0.3 is 15.7 Å². The van der Waals surface area contributed by atoms with E-state index in [1.54, 1.807) is 18.2 Å². The van der Waals surface area contributed by atoms with Gasteiger partial charge in [-0.15, -0.1) is 0 Å². The van der Waals surface area contributed by atoms with Crippen molar-refractivity contribution >= 4 is 40.8 Å². The van der Waals surface area contributed by atoms with Gasteiger partial charge in [-0.2, -0.15) is 0 Å². The molecule has 0 aliphatic carbocycles. The van der Waals surface area contributed by atoms with Crippen LogP contribution in [-0.2, 0) is 9.59 Å². The third-order valence-corrected chi connectivity index (χ3v) is 2.96. The summed E-state index contributed by atoms with van der Waals surface area (Å²) in [6, 6.07) is 3.97. The zero-order valence-electron chi connectivity index (χ0n) is 11.0. The maximum absolute atomic E-state index is 11.7. The monoisotopic (exact) mass is 318 g/mol. The summed E-state index contributed by atoms with van der Waals surface area (Å²) in [6.45, 7) is 1.80. The maximum Gasteiger partial charge on any atom is 0.326 e. The summed E-state index contributed by atoms with van der Waals surface area (Å²) < 4.78 is 0. The van der Waals surface area contributed by atoms with E-state index in [4.69, 9.17) is 28.3 Å². The van der Waals surface area contributed by atoms with Gasteiger partial charge in [0.1, 0.15) is 6.04 Å². The number of anilines is 1. The highest BCUT2D eigenvalue weighted by Crippen LogP contribution is 2.22. The van der Waals surface area contributed by atoms with Crippen LogP contribution in [0.1, 0.15) is 19.8 Å². The highest BCUT2D eigenvalue weighted by atomic mass is 35.5. The van der Waals surface area contributed by atoms with Crippen LogP contribution in [0.25, 0.3) is 0 Å². The first-order chi connectivity index (χ1) is 9.42. The number of aliphatic carboxylic acids is 1. The fraction of sp³-hybridized carbons (Fsp3) is 0.385. The molecule has 1 aromatic rings. The predicted molar refractivity (Wildman–Crippen MR) is 79.4 cm³/mol. The Morgan fingerprint density at radius 1 is 1.25 bits per heavy atom. The Bertz CT molecular complexity index is 474. The second-order valence-electron chi connectivity index (χ2n) is 4.26. The summed E-state index contributed by atoms with van der Waals surface area (Å²) in [5, 5.41) is 15.1. The number of carboxylic acid groups (broad SMARTS) is 1. The SMILES string of the molecule is CCCC(NC(=O)CNc1cc(Cl)cc(Cl)c1)C(=O)O. The third-order valence-electron chi connectivity index (χ3n) is 2.53. The Hall–Kier alpha value is -1.46. The van der Waals surface area contributed by atoms with Crippen LogP contribution in [0.2, 0.25) is 10.0 Å². The van der Waals surface area contributed by atoms with Crippen molar-refractivity contribution in [3.8, 4) is 0 Å². The molecule has 5 nitrogen and oxygen atoms in total. The summed E-state index contributed by atoms with van der Waals surface area (Å²) >= 11 is 11.7. The third kappa shape index (κ3) is 5.67. The topological polar surface area (TPSA) is 78.4 Å². The number of halogens is 2. The Morgan fingerprint density at radius 2 is 1.85 bits per heavy atom. The molecule has 0 aromatic heterocycles. The van der Waals surface area contributed by atoms with Crippen molar-refractivity contribution in [3.05, 3.63) is 28.2 Å². The van der Waals surface area contributed by atoms with Gasteiger partial charge in [-0.05, 0) is 24.6 Å². The minimum atomic E-state index is -1.04. The van der Waals surface area contributed by atoms with Crippen molar-refractivity contribution in [2.75, 3.05) is 11.9 Å². The van der Waals surface area contributed by atoms with Crippen molar-refractivity contribution < 1.29 is 14.7 Å². The lowest BCUT2D eigenvalue weighted by molar-refractivity contribution is -0.141. The Kier molecular flexibility index (Phi) is 6.61. The van der Waals surface area contributed by atoms with E-state index >= 15 is 0 Å². The van der Waals surface area contributed by atoms with Gasteiger partial charge in [-0.25, -0.2) is 4.79 Å². The fourth-order valence-corrected chi connectivity index (χ4v) is 2.16. The van der Waals surface area contributed by atoms with E-state index in [2.05, 4.69) is 10.6 Å². The molecule has 1 amide bonds. The van der Waals surface area contributed by atoms with Crippen molar-refractivity contribution in [2.45, 2.75) is 25.8 Å². The largest absolute Gasteiger partial charge is 0.480 e. The normalized spacial score (nSPS) is 11.8. The first-order valence-electron chi connectivity index (χ1n) is 6.14. The number of hydrogen-bond acceptors (Lipinski definition) is 3. The van der Waals surface area contributed by atoms with E-state index in [1.807, 2.05) is 6.92 Å². The van der Waals surface area contributed by atoms with Gasteiger partial charge >= 0.3 is 5.97 Å². The molecule has 7 heteroatoms. The Morgan fingerprint density at radius 3 is 2.35 bits per heavy atom. The standard InChI is InChI=1S/C13H16Cl2N2O3/c1-2-3-11(13(19)20)17-12(18)7-16-10-5-8(14)4-9(15)6-10/h4-6,11,16H,2-3,7H2,1H3,(H,17,18)(H,19,20). The number of nitrogens with one attached hydrogen (secondary N) is 2. The molecule has 0 saturated heterocycles. The summed E-state index contributed by atoms with van der Waals surface area (Å²) in [7, 11) is 0. The van der Waals surface area contributed by atoms with E-state index in [0.717, 1.165) is 0 Å². The zero-order chi connectivity index (χ0) is 15.1. The summed E-state index contributed by atoms with van der Waals surface area (Å²) in [5.41, 5.74) is 0.597. The van der Waals surface area contributed by atoms with Gasteiger partial charge in [0.15, 0.2) is 0 Å². The van der Waals surface area contributed by atoms with Crippen LogP contribution < -0.4 is 10.6 Å². The van der Waals surface area contributed by atoms with Gasteiger partial charge in [0.05, 0.1) is 6.54 Å². The molecule has 1 rings (SSSR count). The molecule has 0 spiro atoms. The van der Waals surface area contributed by atoms with Crippen molar-refractivity contribution in [3.63, 3.8) is 0 Å². The number of benzene rings is 1. The number of hydrogen-bond donors (Lipinski definition) is 3. The van der Waals surface area contributed by atoms with Crippen LogP contribution in [0, 0.1) is 0 Å². The van der Waals surface area contributed by atoms with Crippen molar-refractivity contribution in [1.82, 2.24) is 5.32 Å². The number of carboxylic acids is 1. The molecule has 110 valence electrons. The smallest absolute Gasteiger partial charge is 0.326 e. The van der Waals surface area contributed by atoms with Gasteiger partial charge in [0.2, 0.25) is 5.91 Å². The van der Waals surface area contributed by atoms with Gasteiger partial charge in [-0.3, -0.25) is 4.79 Å². The van der Waals surface area contributed by atoms with Crippen LogP contribution in [-0.4, -0.2) is 29.6 Å². The van der Waals surface area contributed by atoms with Gasteiger partial charge in [-0.1, -0.05) is 36.5 Å². The molecule has 0 bridgehead atoms. The lowest BCUT2D eigenvalue weighted by Gasteiger charge is -2.14. The maximum atomic E-state index is 11.7. The second kappa shape index (κ2) is 7.97. The molecular formula is C13H16Cl2N2O3. The average molecular weight is 319 g/mol. The lowest BCUT2D eigenvalue weighted by Crippen LogP contribution is -2.43. The molecule has 0 heterocycles.